The Morgan fingerprint density at radius 1 is 1.04 bits per heavy atom. The first-order valence-electron chi connectivity index (χ1n) is 8.03. The van der Waals surface area contributed by atoms with Gasteiger partial charge in [0.1, 0.15) is 18.0 Å². The van der Waals surface area contributed by atoms with E-state index in [0.29, 0.717) is 25.6 Å². The van der Waals surface area contributed by atoms with Gasteiger partial charge in [0.2, 0.25) is 0 Å². The van der Waals surface area contributed by atoms with Crippen LogP contribution in [0, 0.1) is 0 Å². The summed E-state index contributed by atoms with van der Waals surface area (Å²) in [5.41, 5.74) is 1.26. The largest absolute Gasteiger partial charge is 0.478 e. The van der Waals surface area contributed by atoms with E-state index in [0.717, 1.165) is 5.56 Å². The minimum Gasteiger partial charge on any atom is -0.478 e. The van der Waals surface area contributed by atoms with E-state index >= 15 is 0 Å². The molecule has 6 nitrogen and oxygen atoms in total. The van der Waals surface area contributed by atoms with E-state index in [1.165, 1.54) is 12.1 Å². The Bertz CT molecular complexity index is 687. The Labute approximate surface area is 145 Å². The fourth-order valence-electron chi connectivity index (χ4n) is 2.51. The van der Waals surface area contributed by atoms with Crippen LogP contribution in [0.25, 0.3) is 0 Å². The third-order valence-corrected chi connectivity index (χ3v) is 3.87. The van der Waals surface area contributed by atoms with Gasteiger partial charge in [-0.3, -0.25) is 0 Å². The summed E-state index contributed by atoms with van der Waals surface area (Å²) in [7, 11) is 0. The Balaban J connectivity index is 1.45. The molecule has 2 atom stereocenters. The van der Waals surface area contributed by atoms with E-state index in [2.05, 4.69) is 0 Å². The number of ether oxygens (including phenoxy) is 4. The van der Waals surface area contributed by atoms with Crippen LogP contribution in [-0.4, -0.2) is 43.3 Å². The monoisotopic (exact) mass is 344 g/mol. The minimum absolute atomic E-state index is 0.00228. The average molecular weight is 344 g/mol. The molecular formula is C19H20O6. The summed E-state index contributed by atoms with van der Waals surface area (Å²) in [5, 5.41) is 8.98. The standard InChI is InChI=1S/C19H20O6/c20-19(21)15-7-4-8-16(9-15)24-13-25-18-12-22-11-17(18)23-10-14-5-2-1-3-6-14/h1-9,17-18H,10-13H2,(H,20,21). The lowest BCUT2D eigenvalue weighted by atomic mass is 10.2. The maximum Gasteiger partial charge on any atom is 0.335 e. The molecule has 3 rings (SSSR count). The molecule has 2 unspecified atom stereocenters. The van der Waals surface area contributed by atoms with E-state index in [1.54, 1.807) is 12.1 Å². The van der Waals surface area contributed by atoms with Crippen LogP contribution >= 0.6 is 0 Å². The molecule has 1 aliphatic heterocycles. The van der Waals surface area contributed by atoms with E-state index in [9.17, 15) is 4.79 Å². The Hall–Kier alpha value is -2.41. The molecule has 1 aliphatic rings. The Kier molecular flexibility index (Phi) is 6.00. The van der Waals surface area contributed by atoms with E-state index in [4.69, 9.17) is 24.1 Å². The quantitative estimate of drug-likeness (QED) is 0.742. The molecule has 0 amide bonds. The number of carboxylic acids is 1. The molecule has 132 valence electrons. The van der Waals surface area contributed by atoms with Crippen molar-refractivity contribution >= 4 is 5.97 Å². The fraction of sp³-hybridized carbons (Fsp3) is 0.316. The Morgan fingerprint density at radius 2 is 1.80 bits per heavy atom. The molecule has 0 spiro atoms. The predicted octanol–water partition coefficient (Wildman–Crippen LogP) is 2.72. The average Bonchev–Trinajstić information content (AvgIpc) is 3.08. The minimum atomic E-state index is -0.995. The highest BCUT2D eigenvalue weighted by Crippen LogP contribution is 2.17. The van der Waals surface area contributed by atoms with E-state index in [-0.39, 0.29) is 24.6 Å². The predicted molar refractivity (Wildman–Crippen MR) is 89.6 cm³/mol. The molecule has 1 N–H and O–H groups in total. The van der Waals surface area contributed by atoms with Crippen LogP contribution in [0.5, 0.6) is 5.75 Å². The van der Waals surface area contributed by atoms with Crippen molar-refractivity contribution in [2.45, 2.75) is 18.8 Å². The van der Waals surface area contributed by atoms with E-state index < -0.39 is 5.97 Å². The number of carbonyl (C=O) groups is 1. The normalized spacial score (nSPS) is 19.7. The highest BCUT2D eigenvalue weighted by molar-refractivity contribution is 5.87. The number of aromatic carboxylic acids is 1. The van der Waals surface area contributed by atoms with Crippen LogP contribution in [0.15, 0.2) is 54.6 Å². The lowest BCUT2D eigenvalue weighted by Crippen LogP contribution is -2.31. The number of hydrogen-bond acceptors (Lipinski definition) is 5. The number of benzene rings is 2. The molecule has 1 saturated heterocycles. The Morgan fingerprint density at radius 3 is 2.56 bits per heavy atom. The van der Waals surface area contributed by atoms with Crippen LogP contribution in [-0.2, 0) is 20.8 Å². The van der Waals surface area contributed by atoms with Crippen LogP contribution in [0.2, 0.25) is 0 Å². The second-order valence-corrected chi connectivity index (χ2v) is 5.67. The van der Waals surface area contributed by atoms with Gasteiger partial charge in [-0.2, -0.15) is 0 Å². The van der Waals surface area contributed by atoms with Crippen molar-refractivity contribution in [1.29, 1.82) is 0 Å². The maximum absolute atomic E-state index is 10.9. The maximum atomic E-state index is 10.9. The summed E-state index contributed by atoms with van der Waals surface area (Å²) in [6.45, 7) is 1.42. The smallest absolute Gasteiger partial charge is 0.335 e. The molecule has 0 aliphatic carbocycles. The lowest BCUT2D eigenvalue weighted by molar-refractivity contribution is -0.0928. The summed E-state index contributed by atoms with van der Waals surface area (Å²) in [6, 6.07) is 16.2. The summed E-state index contributed by atoms with van der Waals surface area (Å²) >= 11 is 0. The summed E-state index contributed by atoms with van der Waals surface area (Å²) in [4.78, 5) is 10.9. The van der Waals surface area contributed by atoms with Gasteiger partial charge in [-0.05, 0) is 23.8 Å². The van der Waals surface area contributed by atoms with Crippen LogP contribution in [0.1, 0.15) is 15.9 Å². The van der Waals surface area contributed by atoms with Crippen molar-refractivity contribution in [1.82, 2.24) is 0 Å². The molecule has 1 fully saturated rings. The van der Waals surface area contributed by atoms with Crippen LogP contribution in [0.4, 0.5) is 0 Å². The summed E-state index contributed by atoms with van der Waals surface area (Å²) in [5.74, 6) is -0.550. The zero-order valence-electron chi connectivity index (χ0n) is 13.7. The van der Waals surface area contributed by atoms with Gasteiger partial charge in [0, 0.05) is 0 Å². The molecule has 0 bridgehead atoms. The molecular weight excluding hydrogens is 324 g/mol. The number of hydrogen-bond donors (Lipinski definition) is 1. The zero-order valence-corrected chi connectivity index (χ0v) is 13.7. The summed E-state index contributed by atoms with van der Waals surface area (Å²) in [6.07, 6.45) is -0.375. The van der Waals surface area contributed by atoms with E-state index in [1.807, 2.05) is 30.3 Å². The van der Waals surface area contributed by atoms with Crippen molar-refractivity contribution in [2.24, 2.45) is 0 Å². The van der Waals surface area contributed by atoms with Gasteiger partial charge >= 0.3 is 5.97 Å². The highest BCUT2D eigenvalue weighted by Gasteiger charge is 2.30. The van der Waals surface area contributed by atoms with Gasteiger partial charge in [-0.1, -0.05) is 36.4 Å². The molecule has 0 aromatic heterocycles. The van der Waals surface area contributed by atoms with Crippen molar-refractivity contribution < 1.29 is 28.8 Å². The topological polar surface area (TPSA) is 74.2 Å². The number of carboxylic acid groups (broad SMARTS) is 1. The third kappa shape index (κ3) is 5.03. The molecule has 2 aromatic carbocycles. The summed E-state index contributed by atoms with van der Waals surface area (Å²) < 4.78 is 22.5. The molecule has 25 heavy (non-hydrogen) atoms. The highest BCUT2D eigenvalue weighted by atomic mass is 16.7. The third-order valence-electron chi connectivity index (χ3n) is 3.87. The van der Waals surface area contributed by atoms with Crippen molar-refractivity contribution in [3.05, 3.63) is 65.7 Å². The second-order valence-electron chi connectivity index (χ2n) is 5.67. The van der Waals surface area contributed by atoms with Gasteiger partial charge in [0.15, 0.2) is 6.79 Å². The second kappa shape index (κ2) is 8.62. The van der Waals surface area contributed by atoms with Gasteiger partial charge in [0.25, 0.3) is 0 Å². The van der Waals surface area contributed by atoms with Crippen molar-refractivity contribution in [3.63, 3.8) is 0 Å². The lowest BCUT2D eigenvalue weighted by Gasteiger charge is -2.19. The van der Waals surface area contributed by atoms with Crippen molar-refractivity contribution in [2.75, 3.05) is 20.0 Å². The van der Waals surface area contributed by atoms with Crippen molar-refractivity contribution in [3.8, 4) is 5.75 Å². The SMILES string of the molecule is O=C(O)c1cccc(OCOC2COCC2OCc2ccccc2)c1. The molecule has 6 heteroatoms. The number of rotatable bonds is 8. The molecule has 0 saturated carbocycles. The van der Waals surface area contributed by atoms with Gasteiger partial charge < -0.3 is 24.1 Å². The first-order valence-corrected chi connectivity index (χ1v) is 8.03. The van der Waals surface area contributed by atoms with Gasteiger partial charge in [-0.15, -0.1) is 0 Å². The van der Waals surface area contributed by atoms with Gasteiger partial charge in [0.05, 0.1) is 25.4 Å². The van der Waals surface area contributed by atoms with Crippen LogP contribution < -0.4 is 4.74 Å². The first kappa shape index (κ1) is 17.4. The van der Waals surface area contributed by atoms with Gasteiger partial charge in [-0.25, -0.2) is 4.79 Å². The molecule has 0 radical (unpaired) electrons. The van der Waals surface area contributed by atoms with Crippen LogP contribution in [0.3, 0.4) is 0 Å². The zero-order chi connectivity index (χ0) is 17.5. The molecule has 2 aromatic rings. The first-order chi connectivity index (χ1) is 12.2. The fourth-order valence-corrected chi connectivity index (χ4v) is 2.51. The molecule has 1 heterocycles.